The molecule has 0 aliphatic carbocycles. The Morgan fingerprint density at radius 2 is 0.697 bits per heavy atom. The molecule has 2 aliphatic rings. The fourth-order valence-electron chi connectivity index (χ4n) is 8.28. The quantitative estimate of drug-likeness (QED) is 0.0668. The molecule has 0 unspecified atom stereocenters. The first-order chi connectivity index (χ1) is 32.6. The SMILES string of the molecule is CO[C@@H]1[C@@H](OCc2ccccc2)[C@H](O)O[C@H](COCc2ccccc2)[C@@H]1O[C@H]1O[C@H](COCc2ccccc2)[C@H](OCc2ccccc2)[C@H](OCc2ccccc2)[C@H]1OCc1ccccc1. The molecule has 2 fully saturated rings. The van der Waals surface area contributed by atoms with E-state index in [9.17, 15) is 5.11 Å². The molecule has 11 nitrogen and oxygen atoms in total. The second kappa shape index (κ2) is 25.1. The Kier molecular flexibility index (Phi) is 18.0. The molecule has 0 bridgehead atoms. The molecule has 0 aromatic heterocycles. The van der Waals surface area contributed by atoms with Crippen molar-refractivity contribution in [2.45, 2.75) is 101 Å². The molecule has 11 heteroatoms. The summed E-state index contributed by atoms with van der Waals surface area (Å²) in [6, 6.07) is 59.6. The molecule has 2 aliphatic heterocycles. The Morgan fingerprint density at radius 1 is 0.364 bits per heavy atom. The summed E-state index contributed by atoms with van der Waals surface area (Å²) in [4.78, 5) is 0. The predicted molar refractivity (Wildman–Crippen MR) is 247 cm³/mol. The van der Waals surface area contributed by atoms with Gasteiger partial charge >= 0.3 is 0 Å². The molecule has 0 spiro atoms. The van der Waals surface area contributed by atoms with Crippen LogP contribution >= 0.6 is 0 Å². The standard InChI is InChI=1S/C55H60O11/c1-57-50-49(47(39-59-33-41-22-10-3-11-23-41)64-54(56)52(50)62-36-44-28-16-6-17-29-44)66-55-53(63-37-45-30-18-7-19-31-45)51(61-35-43-26-14-5-15-27-43)48(60-34-42-24-12-4-13-25-42)46(65-55)38-58-32-40-20-8-2-9-21-40/h2-31,46-56H,32-39H2,1H3/t46-,47-,48+,49+,50+,51+,52-,53-,54-,55-/m1/s1. The zero-order valence-corrected chi connectivity index (χ0v) is 37.3. The number of aliphatic hydroxyl groups is 1. The lowest BCUT2D eigenvalue weighted by Gasteiger charge is -2.49. The molecule has 66 heavy (non-hydrogen) atoms. The fraction of sp³-hybridized carbons (Fsp3) is 0.345. The molecule has 6 aromatic rings. The minimum Gasteiger partial charge on any atom is -0.376 e. The van der Waals surface area contributed by atoms with Crippen LogP contribution in [0.25, 0.3) is 0 Å². The van der Waals surface area contributed by atoms with E-state index in [0.717, 1.165) is 33.4 Å². The van der Waals surface area contributed by atoms with Crippen LogP contribution in [0.5, 0.6) is 0 Å². The highest BCUT2D eigenvalue weighted by molar-refractivity contribution is 5.18. The highest BCUT2D eigenvalue weighted by Crippen LogP contribution is 2.36. The van der Waals surface area contributed by atoms with Crippen molar-refractivity contribution in [2.75, 3.05) is 20.3 Å². The van der Waals surface area contributed by atoms with Crippen LogP contribution < -0.4 is 0 Å². The van der Waals surface area contributed by atoms with Crippen LogP contribution in [0, 0.1) is 0 Å². The number of ether oxygens (including phenoxy) is 10. The third kappa shape index (κ3) is 13.5. The highest BCUT2D eigenvalue weighted by atomic mass is 16.7. The van der Waals surface area contributed by atoms with E-state index in [1.807, 2.05) is 182 Å². The molecule has 2 saturated heterocycles. The van der Waals surface area contributed by atoms with Crippen LogP contribution in [-0.4, -0.2) is 86.8 Å². The van der Waals surface area contributed by atoms with Crippen molar-refractivity contribution in [1.82, 2.24) is 0 Å². The maximum atomic E-state index is 11.6. The van der Waals surface area contributed by atoms with Gasteiger partial charge in [0, 0.05) is 7.11 Å². The second-order valence-electron chi connectivity index (χ2n) is 16.5. The van der Waals surface area contributed by atoms with E-state index in [1.54, 1.807) is 7.11 Å². The fourth-order valence-corrected chi connectivity index (χ4v) is 8.28. The molecule has 8 rings (SSSR count). The Balaban J connectivity index is 1.14. The topological polar surface area (TPSA) is 113 Å². The van der Waals surface area contributed by atoms with E-state index in [0.29, 0.717) is 13.2 Å². The van der Waals surface area contributed by atoms with Crippen LogP contribution in [0.1, 0.15) is 33.4 Å². The summed E-state index contributed by atoms with van der Waals surface area (Å²) in [6.45, 7) is 1.84. The first-order valence-corrected chi connectivity index (χ1v) is 22.6. The molecule has 1 N–H and O–H groups in total. The van der Waals surface area contributed by atoms with Crippen molar-refractivity contribution in [3.63, 3.8) is 0 Å². The average molecular weight is 897 g/mol. The average Bonchev–Trinajstić information content (AvgIpc) is 3.37. The summed E-state index contributed by atoms with van der Waals surface area (Å²) >= 11 is 0. The van der Waals surface area contributed by atoms with Crippen molar-refractivity contribution in [3.05, 3.63) is 215 Å². The zero-order valence-electron chi connectivity index (χ0n) is 37.3. The molecular weight excluding hydrogens is 837 g/mol. The summed E-state index contributed by atoms with van der Waals surface area (Å²) in [5.41, 5.74) is 5.85. The normalized spacial score (nSPS) is 25.4. The number of rotatable bonds is 23. The first kappa shape index (κ1) is 47.4. The number of benzene rings is 6. The zero-order chi connectivity index (χ0) is 45.2. The number of hydrogen-bond donors (Lipinski definition) is 1. The van der Waals surface area contributed by atoms with Crippen molar-refractivity contribution in [1.29, 1.82) is 0 Å². The van der Waals surface area contributed by atoms with Crippen LogP contribution in [0.3, 0.4) is 0 Å². The van der Waals surface area contributed by atoms with E-state index in [4.69, 9.17) is 47.4 Å². The van der Waals surface area contributed by atoms with Crippen LogP contribution in [0.4, 0.5) is 0 Å². The molecule has 0 saturated carbocycles. The van der Waals surface area contributed by atoms with Gasteiger partial charge in [-0.05, 0) is 33.4 Å². The Morgan fingerprint density at radius 3 is 1.09 bits per heavy atom. The predicted octanol–water partition coefficient (Wildman–Crippen LogP) is 8.60. The minimum atomic E-state index is -1.36. The Labute approximate surface area is 388 Å². The molecule has 346 valence electrons. The van der Waals surface area contributed by atoms with Gasteiger partial charge in [-0.3, -0.25) is 0 Å². The maximum Gasteiger partial charge on any atom is 0.187 e. The van der Waals surface area contributed by atoms with Gasteiger partial charge in [-0.2, -0.15) is 0 Å². The second-order valence-corrected chi connectivity index (χ2v) is 16.5. The van der Waals surface area contributed by atoms with Gasteiger partial charge < -0.3 is 52.5 Å². The number of aliphatic hydroxyl groups excluding tert-OH is 1. The van der Waals surface area contributed by atoms with Gasteiger partial charge in [0.1, 0.15) is 48.8 Å². The Hall–Kier alpha value is -5.12. The lowest BCUT2D eigenvalue weighted by molar-refractivity contribution is -0.372. The third-order valence-electron chi connectivity index (χ3n) is 11.7. The van der Waals surface area contributed by atoms with Gasteiger partial charge in [-0.15, -0.1) is 0 Å². The largest absolute Gasteiger partial charge is 0.376 e. The lowest BCUT2D eigenvalue weighted by atomic mass is 9.96. The Bertz CT molecular complexity index is 2220. The van der Waals surface area contributed by atoms with Gasteiger partial charge in [-0.25, -0.2) is 0 Å². The summed E-state index contributed by atoms with van der Waals surface area (Å²) in [7, 11) is 1.57. The highest BCUT2D eigenvalue weighted by Gasteiger charge is 2.54. The van der Waals surface area contributed by atoms with Gasteiger partial charge in [0.25, 0.3) is 0 Å². The van der Waals surface area contributed by atoms with Crippen LogP contribution in [-0.2, 0) is 87.0 Å². The van der Waals surface area contributed by atoms with Crippen molar-refractivity contribution in [2.24, 2.45) is 0 Å². The molecular formula is C55H60O11. The monoisotopic (exact) mass is 896 g/mol. The van der Waals surface area contributed by atoms with Crippen molar-refractivity contribution >= 4 is 0 Å². The molecule has 0 amide bonds. The lowest BCUT2D eigenvalue weighted by Crippen LogP contribution is -2.66. The van der Waals surface area contributed by atoms with E-state index in [-0.39, 0.29) is 39.6 Å². The molecule has 0 radical (unpaired) electrons. The molecule has 6 aromatic carbocycles. The van der Waals surface area contributed by atoms with E-state index < -0.39 is 61.4 Å². The number of hydrogen-bond acceptors (Lipinski definition) is 11. The van der Waals surface area contributed by atoms with Crippen molar-refractivity contribution in [3.8, 4) is 0 Å². The van der Waals surface area contributed by atoms with E-state index in [1.165, 1.54) is 0 Å². The summed E-state index contributed by atoms with van der Waals surface area (Å²) in [5, 5.41) is 11.6. The van der Waals surface area contributed by atoms with Gasteiger partial charge in [0.2, 0.25) is 0 Å². The summed E-state index contributed by atoms with van der Waals surface area (Å²) < 4.78 is 66.9. The van der Waals surface area contributed by atoms with Crippen molar-refractivity contribution < 1.29 is 52.5 Å². The van der Waals surface area contributed by atoms with Gasteiger partial charge in [0.05, 0.1) is 52.9 Å². The molecule has 10 atom stereocenters. The molecule has 2 heterocycles. The van der Waals surface area contributed by atoms with Gasteiger partial charge in [-0.1, -0.05) is 182 Å². The van der Waals surface area contributed by atoms with E-state index >= 15 is 0 Å². The third-order valence-corrected chi connectivity index (χ3v) is 11.7. The van der Waals surface area contributed by atoms with Crippen LogP contribution in [0.2, 0.25) is 0 Å². The van der Waals surface area contributed by atoms with E-state index in [2.05, 4.69) is 0 Å². The van der Waals surface area contributed by atoms with Crippen LogP contribution in [0.15, 0.2) is 182 Å². The summed E-state index contributed by atoms with van der Waals surface area (Å²) in [6.07, 6.45) is -8.96. The summed E-state index contributed by atoms with van der Waals surface area (Å²) in [5.74, 6) is 0. The van der Waals surface area contributed by atoms with Gasteiger partial charge in [0.15, 0.2) is 12.6 Å². The smallest absolute Gasteiger partial charge is 0.187 e. The number of methoxy groups -OCH3 is 1. The maximum absolute atomic E-state index is 11.6. The minimum absolute atomic E-state index is 0.0600. The first-order valence-electron chi connectivity index (χ1n) is 22.6.